The molecule has 3 aromatic carbocycles. The molecule has 0 fully saturated rings. The lowest BCUT2D eigenvalue weighted by atomic mass is 10.1. The van der Waals surface area contributed by atoms with Crippen molar-refractivity contribution >= 4 is 27.3 Å². The van der Waals surface area contributed by atoms with Crippen molar-refractivity contribution in [1.29, 1.82) is 0 Å². The predicted molar refractivity (Wildman–Crippen MR) is 121 cm³/mol. The van der Waals surface area contributed by atoms with E-state index in [0.29, 0.717) is 17.0 Å². The van der Waals surface area contributed by atoms with Gasteiger partial charge in [-0.1, -0.05) is 18.2 Å². The molecule has 34 heavy (non-hydrogen) atoms. The molecule has 3 aromatic rings. The summed E-state index contributed by atoms with van der Waals surface area (Å²) in [6.45, 7) is 1.63. The average Bonchev–Trinajstić information content (AvgIpc) is 2.79. The number of ether oxygens (including phenoxy) is 2. The highest BCUT2D eigenvalue weighted by molar-refractivity contribution is 7.92. The van der Waals surface area contributed by atoms with Crippen LogP contribution in [0.4, 0.5) is 24.5 Å². The van der Waals surface area contributed by atoms with Crippen LogP contribution in [0.1, 0.15) is 15.9 Å². The van der Waals surface area contributed by atoms with Crippen LogP contribution in [-0.4, -0.2) is 34.8 Å². The summed E-state index contributed by atoms with van der Waals surface area (Å²) < 4.78 is 73.5. The summed E-state index contributed by atoms with van der Waals surface area (Å²) >= 11 is 0. The van der Waals surface area contributed by atoms with E-state index in [9.17, 15) is 26.4 Å². The van der Waals surface area contributed by atoms with Crippen molar-refractivity contribution in [2.24, 2.45) is 0 Å². The first-order chi connectivity index (χ1) is 15.9. The molecule has 0 saturated heterocycles. The Morgan fingerprint density at radius 1 is 1.00 bits per heavy atom. The van der Waals surface area contributed by atoms with Crippen LogP contribution in [0.2, 0.25) is 0 Å². The van der Waals surface area contributed by atoms with Gasteiger partial charge >= 0.3 is 6.36 Å². The minimum Gasteiger partial charge on any atom is -0.495 e. The van der Waals surface area contributed by atoms with Crippen LogP contribution in [0.25, 0.3) is 0 Å². The Balaban J connectivity index is 1.86. The number of nitrogens with zero attached hydrogens (tertiary/aromatic N) is 1. The van der Waals surface area contributed by atoms with E-state index in [0.717, 1.165) is 16.4 Å². The number of anilines is 2. The summed E-state index contributed by atoms with van der Waals surface area (Å²) in [7, 11) is -1.24. The first-order valence-corrected chi connectivity index (χ1v) is 11.3. The van der Waals surface area contributed by atoms with Gasteiger partial charge in [0.1, 0.15) is 11.5 Å². The summed E-state index contributed by atoms with van der Waals surface area (Å²) in [5, 5.41) is 2.54. The Morgan fingerprint density at radius 3 is 2.26 bits per heavy atom. The largest absolute Gasteiger partial charge is 0.573 e. The van der Waals surface area contributed by atoms with Gasteiger partial charge in [-0.2, -0.15) is 0 Å². The van der Waals surface area contributed by atoms with Gasteiger partial charge in [0.05, 0.1) is 17.7 Å². The molecule has 0 unspecified atom stereocenters. The van der Waals surface area contributed by atoms with Gasteiger partial charge in [0.15, 0.2) is 0 Å². The van der Waals surface area contributed by atoms with Gasteiger partial charge in [0.25, 0.3) is 15.9 Å². The smallest absolute Gasteiger partial charge is 0.495 e. The monoisotopic (exact) mass is 494 g/mol. The van der Waals surface area contributed by atoms with Crippen molar-refractivity contribution in [2.45, 2.75) is 18.2 Å². The molecule has 0 bridgehead atoms. The van der Waals surface area contributed by atoms with Gasteiger partial charge in [-0.15, -0.1) is 13.2 Å². The molecule has 1 amide bonds. The van der Waals surface area contributed by atoms with E-state index in [1.165, 1.54) is 44.5 Å². The topological polar surface area (TPSA) is 84.9 Å². The Morgan fingerprint density at radius 2 is 1.65 bits per heavy atom. The quantitative estimate of drug-likeness (QED) is 0.501. The zero-order valence-corrected chi connectivity index (χ0v) is 19.2. The fourth-order valence-electron chi connectivity index (χ4n) is 3.12. The molecule has 180 valence electrons. The molecule has 0 aromatic heterocycles. The van der Waals surface area contributed by atoms with Crippen LogP contribution >= 0.6 is 0 Å². The summed E-state index contributed by atoms with van der Waals surface area (Å²) in [6, 6.07) is 15.3. The highest BCUT2D eigenvalue weighted by Gasteiger charge is 2.31. The molecular weight excluding hydrogens is 473 g/mol. The number of carbonyl (C=O) groups excluding carboxylic acids is 1. The Bertz CT molecular complexity index is 1290. The summed E-state index contributed by atoms with van der Waals surface area (Å²) in [5.74, 6) is -0.704. The van der Waals surface area contributed by atoms with Crippen LogP contribution in [0.5, 0.6) is 11.5 Å². The van der Waals surface area contributed by atoms with E-state index in [1.807, 2.05) is 0 Å². The molecular formula is C23H21F3N2O5S. The Labute approximate surface area is 194 Å². The lowest BCUT2D eigenvalue weighted by Crippen LogP contribution is -2.27. The molecule has 1 N–H and O–H groups in total. The number of halogens is 3. The number of carbonyl (C=O) groups is 1. The predicted octanol–water partition coefficient (Wildman–Crippen LogP) is 4.98. The Hall–Kier alpha value is -3.73. The van der Waals surface area contributed by atoms with Gasteiger partial charge < -0.3 is 14.8 Å². The van der Waals surface area contributed by atoms with Crippen LogP contribution in [0.15, 0.2) is 71.6 Å². The SMILES string of the molecule is COc1ccccc1N(C)S(=O)(=O)c1ccc(C)c(C(=O)Nc2ccc(OC(F)(F)F)cc2)c1. The normalized spacial score (nSPS) is 11.6. The number of benzene rings is 3. The fourth-order valence-corrected chi connectivity index (χ4v) is 4.35. The second-order valence-corrected chi connectivity index (χ2v) is 9.12. The number of amides is 1. The maximum atomic E-state index is 13.2. The summed E-state index contributed by atoms with van der Waals surface area (Å²) in [6.07, 6.45) is -4.83. The number of methoxy groups -OCH3 is 1. The van der Waals surface area contributed by atoms with Gasteiger partial charge in [-0.3, -0.25) is 9.10 Å². The lowest BCUT2D eigenvalue weighted by molar-refractivity contribution is -0.274. The van der Waals surface area contributed by atoms with Crippen molar-refractivity contribution in [3.63, 3.8) is 0 Å². The molecule has 0 spiro atoms. The average molecular weight is 494 g/mol. The van der Waals surface area contributed by atoms with E-state index in [1.54, 1.807) is 31.2 Å². The standard InChI is InChI=1S/C23H21F3N2O5S/c1-15-8-13-18(34(30,31)28(2)20-6-4-5-7-21(20)32-3)14-19(15)22(29)27-16-9-11-17(12-10-16)33-23(24,25)26/h4-14H,1-3H3,(H,27,29). The van der Waals surface area contributed by atoms with Crippen LogP contribution in [0.3, 0.4) is 0 Å². The van der Waals surface area contributed by atoms with E-state index >= 15 is 0 Å². The van der Waals surface area contributed by atoms with E-state index < -0.39 is 28.0 Å². The van der Waals surface area contributed by atoms with Crippen molar-refractivity contribution in [1.82, 2.24) is 0 Å². The number of hydrogen-bond acceptors (Lipinski definition) is 5. The van der Waals surface area contributed by atoms with Gasteiger partial charge in [-0.05, 0) is 61.0 Å². The second kappa shape index (κ2) is 9.64. The molecule has 11 heteroatoms. The minimum absolute atomic E-state index is 0.0881. The van der Waals surface area contributed by atoms with Crippen molar-refractivity contribution in [3.8, 4) is 11.5 Å². The third-order valence-corrected chi connectivity index (χ3v) is 6.65. The second-order valence-electron chi connectivity index (χ2n) is 7.15. The summed E-state index contributed by atoms with van der Waals surface area (Å²) in [4.78, 5) is 12.7. The van der Waals surface area contributed by atoms with Gasteiger partial charge in [0.2, 0.25) is 0 Å². The molecule has 0 atom stereocenters. The Kier molecular flexibility index (Phi) is 7.06. The van der Waals surface area contributed by atoms with E-state index in [4.69, 9.17) is 4.74 Å². The maximum absolute atomic E-state index is 13.2. The minimum atomic E-state index is -4.83. The van der Waals surface area contributed by atoms with Crippen LogP contribution in [-0.2, 0) is 10.0 Å². The van der Waals surface area contributed by atoms with Crippen molar-refractivity contribution < 1.29 is 35.9 Å². The van der Waals surface area contributed by atoms with Crippen LogP contribution < -0.4 is 19.1 Å². The number of sulfonamides is 1. The fraction of sp³-hybridized carbons (Fsp3) is 0.174. The number of nitrogens with one attached hydrogen (secondary N) is 1. The zero-order valence-electron chi connectivity index (χ0n) is 18.4. The number of alkyl halides is 3. The third kappa shape index (κ3) is 5.60. The number of rotatable bonds is 7. The van der Waals surface area contributed by atoms with E-state index in [2.05, 4.69) is 10.1 Å². The van der Waals surface area contributed by atoms with Gasteiger partial charge in [-0.25, -0.2) is 8.42 Å². The first kappa shape index (κ1) is 24.9. The zero-order chi connectivity index (χ0) is 25.1. The molecule has 0 aliphatic heterocycles. The molecule has 0 saturated carbocycles. The molecule has 0 aliphatic rings. The number of hydrogen-bond donors (Lipinski definition) is 1. The highest BCUT2D eigenvalue weighted by Crippen LogP contribution is 2.31. The molecule has 0 radical (unpaired) electrons. The first-order valence-electron chi connectivity index (χ1n) is 9.82. The third-order valence-electron chi connectivity index (χ3n) is 4.88. The molecule has 0 aliphatic carbocycles. The van der Waals surface area contributed by atoms with Crippen molar-refractivity contribution in [2.75, 3.05) is 23.8 Å². The number of aryl methyl sites for hydroxylation is 1. The molecule has 3 rings (SSSR count). The molecule has 7 nitrogen and oxygen atoms in total. The van der Waals surface area contributed by atoms with E-state index in [-0.39, 0.29) is 16.1 Å². The lowest BCUT2D eigenvalue weighted by Gasteiger charge is -2.22. The summed E-state index contributed by atoms with van der Waals surface area (Å²) in [5.41, 5.74) is 1.12. The molecule has 0 heterocycles. The van der Waals surface area contributed by atoms with Crippen molar-refractivity contribution in [3.05, 3.63) is 77.9 Å². The number of para-hydroxylation sites is 2. The highest BCUT2D eigenvalue weighted by atomic mass is 32.2. The maximum Gasteiger partial charge on any atom is 0.573 e. The van der Waals surface area contributed by atoms with Crippen LogP contribution in [0, 0.1) is 6.92 Å². The van der Waals surface area contributed by atoms with Gasteiger partial charge in [0, 0.05) is 18.3 Å².